The van der Waals surface area contributed by atoms with Crippen LogP contribution in [0.5, 0.6) is 0 Å². The molecule has 0 aliphatic heterocycles. The van der Waals surface area contributed by atoms with Gasteiger partial charge in [0.25, 0.3) is 5.91 Å². The Labute approximate surface area is 205 Å². The van der Waals surface area contributed by atoms with Crippen LogP contribution >= 0.6 is 0 Å². The largest absolute Gasteiger partial charge is 0.396 e. The van der Waals surface area contributed by atoms with Crippen LogP contribution < -0.4 is 16.4 Å². The van der Waals surface area contributed by atoms with Gasteiger partial charge < -0.3 is 26.2 Å². The predicted octanol–water partition coefficient (Wildman–Crippen LogP) is 1.98. The molecule has 0 bridgehead atoms. The highest BCUT2D eigenvalue weighted by atomic mass is 16.5. The molecule has 10 heteroatoms. The van der Waals surface area contributed by atoms with E-state index in [2.05, 4.69) is 20.8 Å². The zero-order valence-corrected chi connectivity index (χ0v) is 19.5. The topological polar surface area (TPSA) is 144 Å². The molecule has 35 heavy (non-hydrogen) atoms. The number of pyridine rings is 1. The quantitative estimate of drug-likeness (QED) is 0.288. The van der Waals surface area contributed by atoms with E-state index in [1.54, 1.807) is 36.4 Å². The zero-order valence-electron chi connectivity index (χ0n) is 19.5. The molecule has 2 heterocycles. The van der Waals surface area contributed by atoms with Crippen LogP contribution in [0.3, 0.4) is 0 Å². The van der Waals surface area contributed by atoms with Gasteiger partial charge in [0.05, 0.1) is 18.8 Å². The third kappa shape index (κ3) is 7.57. The molecule has 0 unspecified atom stereocenters. The number of aliphatic hydroxyl groups excluding tert-OH is 1. The van der Waals surface area contributed by atoms with Gasteiger partial charge in [-0.15, -0.1) is 10.2 Å². The van der Waals surface area contributed by atoms with Crippen molar-refractivity contribution in [3.05, 3.63) is 65.6 Å². The number of nitrogens with zero attached hydrogens (tertiary/aromatic N) is 3. The summed E-state index contributed by atoms with van der Waals surface area (Å²) in [6, 6.07) is 14.1. The van der Waals surface area contributed by atoms with Crippen LogP contribution in [0.1, 0.15) is 62.0 Å². The molecule has 3 rings (SSSR count). The number of nitrogens with two attached hydrogens (primary N) is 1. The van der Waals surface area contributed by atoms with Crippen molar-refractivity contribution in [1.29, 1.82) is 0 Å². The lowest BCUT2D eigenvalue weighted by atomic mass is 10.1. The van der Waals surface area contributed by atoms with Crippen molar-refractivity contribution in [2.24, 2.45) is 5.73 Å². The molecule has 190 valence electrons. The smallest absolute Gasteiger partial charge is 0.268 e. The average molecular weight is 485 g/mol. The number of carbonyl (C=O) groups is 2. The van der Waals surface area contributed by atoms with Crippen LogP contribution in [0.4, 0.5) is 0 Å². The van der Waals surface area contributed by atoms with E-state index in [4.69, 9.17) is 15.6 Å². The van der Waals surface area contributed by atoms with Gasteiger partial charge >= 0.3 is 0 Å². The summed E-state index contributed by atoms with van der Waals surface area (Å²) in [5.74, 6) is -0.329. The highest BCUT2D eigenvalue weighted by Gasteiger charge is 2.29. The minimum atomic E-state index is -1.12. The highest BCUT2D eigenvalue weighted by Crippen LogP contribution is 2.18. The maximum absolute atomic E-state index is 12.9. The Morgan fingerprint density at radius 2 is 1.86 bits per heavy atom. The number of nitrogens with one attached hydrogen (secondary N) is 2. The number of benzene rings is 1. The first-order valence-electron chi connectivity index (χ1n) is 11.3. The summed E-state index contributed by atoms with van der Waals surface area (Å²) in [7, 11) is 0. The van der Waals surface area contributed by atoms with Crippen LogP contribution in [-0.2, 0) is 16.1 Å². The summed E-state index contributed by atoms with van der Waals surface area (Å²) >= 11 is 0. The molecule has 1 aromatic carbocycles. The number of ether oxygens (including phenoxy) is 1. The number of amides is 2. The van der Waals surface area contributed by atoms with Gasteiger partial charge in [0.2, 0.25) is 5.91 Å². The van der Waals surface area contributed by atoms with E-state index in [9.17, 15) is 9.59 Å². The van der Waals surface area contributed by atoms with Gasteiger partial charge in [0.15, 0.2) is 11.5 Å². The monoisotopic (exact) mass is 484 g/mol. The van der Waals surface area contributed by atoms with Crippen molar-refractivity contribution >= 4 is 17.5 Å². The van der Waals surface area contributed by atoms with Gasteiger partial charge in [-0.3, -0.25) is 14.0 Å². The molecule has 0 aliphatic carbocycles. The summed E-state index contributed by atoms with van der Waals surface area (Å²) < 4.78 is 7.51. The fourth-order valence-electron chi connectivity index (χ4n) is 3.29. The molecule has 0 aliphatic rings. The number of hydrogen-bond donors (Lipinski definition) is 4. The zero-order chi connectivity index (χ0) is 24.6. The average Bonchev–Trinajstić information content (AvgIpc) is 3.25. The number of fused-ring (bicyclic) bond motifs is 1. The van der Waals surface area contributed by atoms with Crippen LogP contribution in [0, 0.1) is 0 Å². The van der Waals surface area contributed by atoms with Gasteiger partial charge in [-0.25, -0.2) is 0 Å². The summed E-state index contributed by atoms with van der Waals surface area (Å²) in [5, 5.41) is 23.1. The fraction of sp³-hybridized carbons (Fsp3) is 0.440. The molecule has 1 atom stereocenters. The third-order valence-corrected chi connectivity index (χ3v) is 5.15. The summed E-state index contributed by atoms with van der Waals surface area (Å²) in [6.45, 7) is 4.16. The maximum Gasteiger partial charge on any atom is 0.268 e. The van der Waals surface area contributed by atoms with Gasteiger partial charge in [-0.1, -0.05) is 43.8 Å². The SMILES string of the molecule is C.CC(C)(N)C(=O)N[C@H](COCc1ccccc1)c1nnc2cccc(C(=O)NCCCCO)n12. The third-order valence-electron chi connectivity index (χ3n) is 5.15. The lowest BCUT2D eigenvalue weighted by Gasteiger charge is -2.24. The molecule has 0 saturated heterocycles. The number of aromatic nitrogens is 3. The number of hydrogen-bond acceptors (Lipinski definition) is 7. The molecule has 2 amide bonds. The second-order valence-corrected chi connectivity index (χ2v) is 8.60. The number of carbonyl (C=O) groups excluding carboxylic acids is 2. The molecule has 3 aromatic rings. The molecule has 5 N–H and O–H groups in total. The molecule has 2 aromatic heterocycles. The van der Waals surface area contributed by atoms with E-state index >= 15 is 0 Å². The lowest BCUT2D eigenvalue weighted by Crippen LogP contribution is -2.51. The molecule has 0 radical (unpaired) electrons. The first kappa shape index (κ1) is 27.9. The van der Waals surface area contributed by atoms with E-state index in [-0.39, 0.29) is 32.5 Å². The van der Waals surface area contributed by atoms with Gasteiger partial charge in [0.1, 0.15) is 11.7 Å². The first-order valence-corrected chi connectivity index (χ1v) is 11.3. The summed E-state index contributed by atoms with van der Waals surface area (Å²) in [6.07, 6.45) is 1.26. The second-order valence-electron chi connectivity index (χ2n) is 8.60. The molecular formula is C25H36N6O4. The van der Waals surface area contributed by atoms with Gasteiger partial charge in [-0.05, 0) is 44.4 Å². The van der Waals surface area contributed by atoms with Gasteiger partial charge in [0, 0.05) is 13.2 Å². The van der Waals surface area contributed by atoms with E-state index < -0.39 is 11.6 Å². The number of rotatable bonds is 12. The van der Waals surface area contributed by atoms with Crippen molar-refractivity contribution in [2.75, 3.05) is 19.8 Å². The highest BCUT2D eigenvalue weighted by molar-refractivity contribution is 5.93. The maximum atomic E-state index is 12.9. The Kier molecular flexibility index (Phi) is 10.3. The molecular weight excluding hydrogens is 448 g/mol. The molecule has 0 spiro atoms. The standard InChI is InChI=1S/C24H32N6O4.CH4/c1-24(2,25)23(33)27-18(16-34-15-17-9-4-3-5-10-17)21-29-28-20-12-8-11-19(30(20)21)22(32)26-13-6-7-14-31;/h3-5,8-12,18,31H,6-7,13-16,25H2,1-2H3,(H,26,32)(H,27,33);1H4/t18-;/m1./s1. The first-order chi connectivity index (χ1) is 16.3. The van der Waals surface area contributed by atoms with E-state index in [1.165, 1.54) is 0 Å². The Bertz CT molecular complexity index is 1090. The van der Waals surface area contributed by atoms with Crippen molar-refractivity contribution < 1.29 is 19.4 Å². The Morgan fingerprint density at radius 1 is 1.11 bits per heavy atom. The fourth-order valence-corrected chi connectivity index (χ4v) is 3.29. The Balaban J connectivity index is 0.00000432. The van der Waals surface area contributed by atoms with E-state index in [0.717, 1.165) is 5.56 Å². The van der Waals surface area contributed by atoms with Crippen molar-refractivity contribution in [2.45, 2.75) is 52.3 Å². The summed E-state index contributed by atoms with van der Waals surface area (Å²) in [4.78, 5) is 25.6. The number of unbranched alkanes of at least 4 members (excludes halogenated alkanes) is 1. The van der Waals surface area contributed by atoms with E-state index in [0.29, 0.717) is 43.2 Å². The minimum Gasteiger partial charge on any atom is -0.396 e. The van der Waals surface area contributed by atoms with Crippen molar-refractivity contribution in [1.82, 2.24) is 25.2 Å². The molecule has 0 fully saturated rings. The normalized spacial score (nSPS) is 12.1. The van der Waals surface area contributed by atoms with Crippen LogP contribution in [0.15, 0.2) is 48.5 Å². The predicted molar refractivity (Wildman–Crippen MR) is 134 cm³/mol. The van der Waals surface area contributed by atoms with Crippen LogP contribution in [0.25, 0.3) is 5.65 Å². The molecule has 10 nitrogen and oxygen atoms in total. The summed E-state index contributed by atoms with van der Waals surface area (Å²) in [5.41, 5.74) is 6.65. The number of aliphatic hydroxyl groups is 1. The van der Waals surface area contributed by atoms with Crippen molar-refractivity contribution in [3.8, 4) is 0 Å². The Morgan fingerprint density at radius 3 is 2.54 bits per heavy atom. The second kappa shape index (κ2) is 12.9. The van der Waals surface area contributed by atoms with Crippen molar-refractivity contribution in [3.63, 3.8) is 0 Å². The van der Waals surface area contributed by atoms with Gasteiger partial charge in [-0.2, -0.15) is 0 Å². The molecule has 0 saturated carbocycles. The minimum absolute atomic E-state index is 0. The van der Waals surface area contributed by atoms with E-state index in [1.807, 2.05) is 30.3 Å². The van der Waals surface area contributed by atoms with Crippen LogP contribution in [-0.4, -0.2) is 56.8 Å². The van der Waals surface area contributed by atoms with Crippen LogP contribution in [0.2, 0.25) is 0 Å². The lowest BCUT2D eigenvalue weighted by molar-refractivity contribution is -0.126. The Hall–Kier alpha value is -3.34.